The maximum Gasteiger partial charge on any atom is 0.325 e. The fourth-order valence-corrected chi connectivity index (χ4v) is 2.51. The lowest BCUT2D eigenvalue weighted by Gasteiger charge is -2.07. The number of H-pyrrole nitrogens is 2. The van der Waals surface area contributed by atoms with Gasteiger partial charge in [0, 0.05) is 47.1 Å². The van der Waals surface area contributed by atoms with Crippen LogP contribution in [0.15, 0.2) is 35.3 Å². The number of aryl methyl sites for hydroxylation is 1. The molecule has 0 fully saturated rings. The van der Waals surface area contributed by atoms with Crippen LogP contribution in [0.2, 0.25) is 0 Å². The minimum Gasteiger partial charge on any atom is -0.361 e. The van der Waals surface area contributed by atoms with E-state index in [0.29, 0.717) is 6.54 Å². The summed E-state index contributed by atoms with van der Waals surface area (Å²) < 4.78 is 1.59. The molecular formula is C16H18N4O2. The van der Waals surface area contributed by atoms with Gasteiger partial charge in [0.05, 0.1) is 0 Å². The molecule has 0 atom stereocenters. The lowest BCUT2D eigenvalue weighted by molar-refractivity contribution is -0.116. The fourth-order valence-electron chi connectivity index (χ4n) is 2.51. The molecule has 0 aliphatic heterocycles. The highest BCUT2D eigenvalue weighted by atomic mass is 16.2. The number of fused-ring (bicyclic) bond motifs is 1. The molecule has 0 saturated heterocycles. The van der Waals surface area contributed by atoms with Gasteiger partial charge in [-0.1, -0.05) is 0 Å². The molecule has 3 rings (SSSR count). The number of aromatic amines is 2. The van der Waals surface area contributed by atoms with Crippen molar-refractivity contribution >= 4 is 22.5 Å². The predicted molar refractivity (Wildman–Crippen MR) is 86.1 cm³/mol. The Morgan fingerprint density at radius 2 is 2.09 bits per heavy atom. The molecule has 22 heavy (non-hydrogen) atoms. The molecule has 3 aromatic rings. The summed E-state index contributed by atoms with van der Waals surface area (Å²) in [5.41, 5.74) is 3.32. The van der Waals surface area contributed by atoms with Gasteiger partial charge in [0.1, 0.15) is 0 Å². The van der Waals surface area contributed by atoms with Gasteiger partial charge in [0.15, 0.2) is 0 Å². The van der Waals surface area contributed by atoms with Crippen molar-refractivity contribution in [3.8, 4) is 0 Å². The summed E-state index contributed by atoms with van der Waals surface area (Å²) >= 11 is 0. The third-order valence-corrected chi connectivity index (χ3v) is 3.89. The van der Waals surface area contributed by atoms with Crippen molar-refractivity contribution in [2.24, 2.45) is 0 Å². The van der Waals surface area contributed by atoms with Crippen LogP contribution in [0.4, 0.5) is 5.69 Å². The van der Waals surface area contributed by atoms with Crippen LogP contribution in [0.1, 0.15) is 17.8 Å². The van der Waals surface area contributed by atoms with Gasteiger partial charge in [-0.15, -0.1) is 0 Å². The summed E-state index contributed by atoms with van der Waals surface area (Å²) in [6, 6.07) is 7.65. The number of benzene rings is 1. The number of rotatable bonds is 4. The number of hydrogen-bond acceptors (Lipinski definition) is 2. The minimum atomic E-state index is -0.170. The molecule has 6 heteroatoms. The van der Waals surface area contributed by atoms with Crippen molar-refractivity contribution in [2.75, 3.05) is 5.32 Å². The molecule has 0 aliphatic rings. The van der Waals surface area contributed by atoms with E-state index in [1.165, 1.54) is 0 Å². The predicted octanol–water partition coefficient (Wildman–Crippen LogP) is 2.30. The number of aromatic nitrogens is 3. The highest BCUT2D eigenvalue weighted by Gasteiger charge is 2.09. The molecule has 3 N–H and O–H groups in total. The number of anilines is 1. The minimum absolute atomic E-state index is 0.111. The zero-order valence-corrected chi connectivity index (χ0v) is 12.6. The number of amides is 1. The van der Waals surface area contributed by atoms with E-state index in [1.807, 2.05) is 44.3 Å². The van der Waals surface area contributed by atoms with Crippen molar-refractivity contribution < 1.29 is 4.79 Å². The average Bonchev–Trinajstić information content (AvgIpc) is 3.02. The van der Waals surface area contributed by atoms with E-state index in [4.69, 9.17) is 0 Å². The van der Waals surface area contributed by atoms with Gasteiger partial charge in [-0.05, 0) is 38.1 Å². The highest BCUT2D eigenvalue weighted by Crippen LogP contribution is 2.17. The quantitative estimate of drug-likeness (QED) is 0.690. The molecule has 0 bridgehead atoms. The number of carbonyl (C=O) groups excluding carboxylic acids is 1. The SMILES string of the molecule is Cc1[nH]c(=O)n(CCC(=O)Nc2ccc3[nH]ccc3c2)c1C. The van der Waals surface area contributed by atoms with Gasteiger partial charge in [-0.3, -0.25) is 9.36 Å². The van der Waals surface area contributed by atoms with Crippen LogP contribution in [0.25, 0.3) is 10.9 Å². The van der Waals surface area contributed by atoms with Gasteiger partial charge in [0.2, 0.25) is 5.91 Å². The zero-order chi connectivity index (χ0) is 15.7. The Bertz CT molecular complexity index is 885. The van der Waals surface area contributed by atoms with E-state index in [9.17, 15) is 9.59 Å². The number of hydrogen-bond donors (Lipinski definition) is 3. The second kappa shape index (κ2) is 5.55. The fraction of sp³-hybridized carbons (Fsp3) is 0.250. The number of carbonyl (C=O) groups is 1. The Labute approximate surface area is 127 Å². The first-order chi connectivity index (χ1) is 10.5. The lowest BCUT2D eigenvalue weighted by atomic mass is 10.2. The normalized spacial score (nSPS) is 11.0. The smallest absolute Gasteiger partial charge is 0.325 e. The molecule has 0 aliphatic carbocycles. The third kappa shape index (κ3) is 2.67. The van der Waals surface area contributed by atoms with Crippen LogP contribution in [-0.2, 0) is 11.3 Å². The van der Waals surface area contributed by atoms with Crippen LogP contribution in [-0.4, -0.2) is 20.4 Å². The maximum atomic E-state index is 12.0. The summed E-state index contributed by atoms with van der Waals surface area (Å²) in [6.07, 6.45) is 2.11. The van der Waals surface area contributed by atoms with Crippen molar-refractivity contribution in [1.29, 1.82) is 0 Å². The van der Waals surface area contributed by atoms with Gasteiger partial charge in [-0.2, -0.15) is 0 Å². The van der Waals surface area contributed by atoms with Crippen LogP contribution in [0, 0.1) is 13.8 Å². The van der Waals surface area contributed by atoms with Crippen LogP contribution in [0.5, 0.6) is 0 Å². The Hall–Kier alpha value is -2.76. The highest BCUT2D eigenvalue weighted by molar-refractivity contribution is 5.93. The summed E-state index contributed by atoms with van der Waals surface area (Å²) in [5, 5.41) is 3.91. The van der Waals surface area contributed by atoms with Crippen molar-refractivity contribution in [2.45, 2.75) is 26.8 Å². The molecule has 0 unspecified atom stereocenters. The van der Waals surface area contributed by atoms with E-state index in [0.717, 1.165) is 28.0 Å². The van der Waals surface area contributed by atoms with Gasteiger partial charge in [0.25, 0.3) is 0 Å². The monoisotopic (exact) mass is 298 g/mol. The lowest BCUT2D eigenvalue weighted by Crippen LogP contribution is -2.22. The Morgan fingerprint density at radius 3 is 2.82 bits per heavy atom. The van der Waals surface area contributed by atoms with Gasteiger partial charge < -0.3 is 15.3 Å². The Kier molecular flexibility index (Phi) is 3.58. The van der Waals surface area contributed by atoms with Crippen molar-refractivity contribution in [3.05, 3.63) is 52.3 Å². The molecule has 1 amide bonds. The molecule has 114 valence electrons. The first kappa shape index (κ1) is 14.2. The van der Waals surface area contributed by atoms with Gasteiger partial charge >= 0.3 is 5.69 Å². The molecule has 2 heterocycles. The maximum absolute atomic E-state index is 12.0. The molecule has 0 saturated carbocycles. The van der Waals surface area contributed by atoms with E-state index < -0.39 is 0 Å². The van der Waals surface area contributed by atoms with E-state index in [1.54, 1.807) is 4.57 Å². The number of nitrogens with zero attached hydrogens (tertiary/aromatic N) is 1. The van der Waals surface area contributed by atoms with E-state index in [-0.39, 0.29) is 18.0 Å². The van der Waals surface area contributed by atoms with E-state index >= 15 is 0 Å². The van der Waals surface area contributed by atoms with Crippen LogP contribution < -0.4 is 11.0 Å². The second-order valence-electron chi connectivity index (χ2n) is 5.37. The topological polar surface area (TPSA) is 82.7 Å². The Morgan fingerprint density at radius 1 is 1.27 bits per heavy atom. The van der Waals surface area contributed by atoms with Crippen LogP contribution in [0.3, 0.4) is 0 Å². The third-order valence-electron chi connectivity index (χ3n) is 3.89. The average molecular weight is 298 g/mol. The summed E-state index contributed by atoms with van der Waals surface area (Å²) in [4.78, 5) is 29.6. The summed E-state index contributed by atoms with van der Waals surface area (Å²) in [6.45, 7) is 4.08. The first-order valence-corrected chi connectivity index (χ1v) is 7.17. The molecular weight excluding hydrogens is 280 g/mol. The van der Waals surface area contributed by atoms with Crippen molar-refractivity contribution in [3.63, 3.8) is 0 Å². The number of imidazole rings is 1. The van der Waals surface area contributed by atoms with Crippen LogP contribution >= 0.6 is 0 Å². The molecule has 0 radical (unpaired) electrons. The van der Waals surface area contributed by atoms with Gasteiger partial charge in [-0.25, -0.2) is 4.79 Å². The summed E-state index contributed by atoms with van der Waals surface area (Å²) in [7, 11) is 0. The number of nitrogens with one attached hydrogen (secondary N) is 3. The first-order valence-electron chi connectivity index (χ1n) is 7.17. The molecule has 1 aromatic carbocycles. The van der Waals surface area contributed by atoms with E-state index in [2.05, 4.69) is 15.3 Å². The second-order valence-corrected chi connectivity index (χ2v) is 5.37. The Balaban J connectivity index is 1.66. The molecule has 0 spiro atoms. The van der Waals surface area contributed by atoms with Crippen molar-refractivity contribution in [1.82, 2.24) is 14.5 Å². The standard InChI is InChI=1S/C16H18N4O2/c1-10-11(2)20(16(22)18-10)8-6-15(21)19-13-3-4-14-12(9-13)5-7-17-14/h3-5,7,9,17H,6,8H2,1-2H3,(H,18,22)(H,19,21). The summed E-state index contributed by atoms with van der Waals surface area (Å²) in [5.74, 6) is -0.111. The largest absolute Gasteiger partial charge is 0.361 e. The molecule has 2 aromatic heterocycles. The molecule has 6 nitrogen and oxygen atoms in total. The zero-order valence-electron chi connectivity index (χ0n) is 12.6.